The summed E-state index contributed by atoms with van der Waals surface area (Å²) in [6.45, 7) is 0.305. The van der Waals surface area contributed by atoms with E-state index in [0.29, 0.717) is 23.4 Å². The van der Waals surface area contributed by atoms with Gasteiger partial charge in [0.05, 0.1) is 13.2 Å². The van der Waals surface area contributed by atoms with E-state index in [1.807, 2.05) is 18.2 Å². The van der Waals surface area contributed by atoms with Crippen molar-refractivity contribution in [2.75, 3.05) is 12.8 Å². The Morgan fingerprint density at radius 2 is 1.94 bits per heavy atom. The molecule has 18 heavy (non-hydrogen) atoms. The lowest BCUT2D eigenvalue weighted by atomic mass is 10.2. The van der Waals surface area contributed by atoms with Gasteiger partial charge < -0.3 is 15.2 Å². The zero-order valence-corrected chi connectivity index (χ0v) is 10.5. The number of nitrogens with two attached hydrogens (primary N) is 1. The average Bonchev–Trinajstić information content (AvgIpc) is 2.37. The molecule has 2 aromatic rings. The molecule has 0 radical (unpaired) electrons. The maximum Gasteiger partial charge on any atom is 0.226 e. The summed E-state index contributed by atoms with van der Waals surface area (Å²) in [7, 11) is 1.50. The number of methoxy groups -OCH3 is 1. The molecule has 1 aromatic carbocycles. The Labute approximate surface area is 110 Å². The fourth-order valence-corrected chi connectivity index (χ4v) is 1.56. The van der Waals surface area contributed by atoms with E-state index in [2.05, 4.69) is 9.97 Å². The molecule has 6 heteroatoms. The Balaban J connectivity index is 2.11. The first-order chi connectivity index (χ1) is 8.69. The van der Waals surface area contributed by atoms with Gasteiger partial charge in [-0.2, -0.15) is 9.97 Å². The summed E-state index contributed by atoms with van der Waals surface area (Å²) in [5.41, 5.74) is 6.40. The number of hydrogen-bond donors (Lipinski definition) is 1. The van der Waals surface area contributed by atoms with E-state index in [1.54, 1.807) is 12.1 Å². The Kier molecular flexibility index (Phi) is 3.84. The summed E-state index contributed by atoms with van der Waals surface area (Å²) in [6.07, 6.45) is 0. The highest BCUT2D eigenvalue weighted by atomic mass is 35.5. The molecule has 0 saturated carbocycles. The third kappa shape index (κ3) is 3.01. The van der Waals surface area contributed by atoms with Gasteiger partial charge in [-0.3, -0.25) is 0 Å². The van der Waals surface area contributed by atoms with Crippen LogP contribution in [0.5, 0.6) is 11.8 Å². The second-order valence-corrected chi connectivity index (χ2v) is 3.89. The van der Waals surface area contributed by atoms with Crippen molar-refractivity contribution in [2.45, 2.75) is 6.61 Å². The predicted octanol–water partition coefficient (Wildman–Crippen LogP) is 2.30. The molecule has 0 aliphatic carbocycles. The van der Waals surface area contributed by atoms with Gasteiger partial charge in [-0.15, -0.1) is 0 Å². The van der Waals surface area contributed by atoms with Gasteiger partial charge in [0.25, 0.3) is 0 Å². The third-order valence-electron chi connectivity index (χ3n) is 2.24. The van der Waals surface area contributed by atoms with E-state index in [9.17, 15) is 0 Å². The fourth-order valence-electron chi connectivity index (χ4n) is 1.37. The highest BCUT2D eigenvalue weighted by Gasteiger charge is 2.05. The van der Waals surface area contributed by atoms with E-state index >= 15 is 0 Å². The molecular formula is C12H12ClN3O2. The number of halogens is 1. The van der Waals surface area contributed by atoms with Gasteiger partial charge >= 0.3 is 0 Å². The van der Waals surface area contributed by atoms with Crippen LogP contribution in [0, 0.1) is 0 Å². The van der Waals surface area contributed by atoms with Crippen molar-refractivity contribution in [3.8, 4) is 11.8 Å². The van der Waals surface area contributed by atoms with Crippen LogP contribution in [0.1, 0.15) is 5.56 Å². The third-order valence-corrected chi connectivity index (χ3v) is 2.61. The average molecular weight is 266 g/mol. The second-order valence-electron chi connectivity index (χ2n) is 3.49. The van der Waals surface area contributed by atoms with Crippen molar-refractivity contribution >= 4 is 17.5 Å². The monoisotopic (exact) mass is 265 g/mol. The van der Waals surface area contributed by atoms with Crippen LogP contribution >= 0.6 is 11.6 Å². The smallest absolute Gasteiger partial charge is 0.226 e. The molecule has 0 amide bonds. The molecule has 0 fully saturated rings. The quantitative estimate of drug-likeness (QED) is 0.918. The number of ether oxygens (including phenoxy) is 2. The van der Waals surface area contributed by atoms with Crippen LogP contribution in [0.4, 0.5) is 5.95 Å². The molecule has 2 rings (SSSR count). The number of aromatic nitrogens is 2. The highest BCUT2D eigenvalue weighted by molar-refractivity contribution is 6.31. The van der Waals surface area contributed by atoms with Gasteiger partial charge in [0.2, 0.25) is 17.7 Å². The minimum Gasteiger partial charge on any atom is -0.481 e. The van der Waals surface area contributed by atoms with Crippen LogP contribution in [0.2, 0.25) is 5.02 Å². The Hall–Kier alpha value is -2.01. The first-order valence-corrected chi connectivity index (χ1v) is 5.61. The largest absolute Gasteiger partial charge is 0.481 e. The standard InChI is InChI=1S/C12H12ClN3O2/c1-17-10-6-11(16-12(14)15-10)18-7-8-4-2-3-5-9(8)13/h2-6H,7H2,1H3,(H2,14,15,16). The van der Waals surface area contributed by atoms with Crippen molar-refractivity contribution in [3.05, 3.63) is 40.9 Å². The molecule has 94 valence electrons. The van der Waals surface area contributed by atoms with Crippen molar-refractivity contribution in [3.63, 3.8) is 0 Å². The number of rotatable bonds is 4. The minimum atomic E-state index is 0.100. The van der Waals surface area contributed by atoms with E-state index < -0.39 is 0 Å². The van der Waals surface area contributed by atoms with Crippen LogP contribution in [-0.2, 0) is 6.61 Å². The molecule has 0 unspecified atom stereocenters. The Morgan fingerprint density at radius 3 is 2.67 bits per heavy atom. The molecule has 1 heterocycles. The fraction of sp³-hybridized carbons (Fsp3) is 0.167. The molecule has 1 aromatic heterocycles. The maximum absolute atomic E-state index is 6.02. The van der Waals surface area contributed by atoms with E-state index in [-0.39, 0.29) is 5.95 Å². The molecule has 5 nitrogen and oxygen atoms in total. The predicted molar refractivity (Wildman–Crippen MR) is 68.8 cm³/mol. The number of anilines is 1. The summed E-state index contributed by atoms with van der Waals surface area (Å²) in [5, 5.41) is 0.645. The number of nitrogens with zero attached hydrogens (tertiary/aromatic N) is 2. The SMILES string of the molecule is COc1cc(OCc2ccccc2Cl)nc(N)n1. The number of hydrogen-bond acceptors (Lipinski definition) is 5. The lowest BCUT2D eigenvalue weighted by molar-refractivity contribution is 0.290. The van der Waals surface area contributed by atoms with Crippen LogP contribution in [0.25, 0.3) is 0 Å². The van der Waals surface area contributed by atoms with Crippen LogP contribution < -0.4 is 15.2 Å². The van der Waals surface area contributed by atoms with E-state index in [0.717, 1.165) is 5.56 Å². The van der Waals surface area contributed by atoms with Gasteiger partial charge in [-0.05, 0) is 6.07 Å². The summed E-state index contributed by atoms with van der Waals surface area (Å²) in [6, 6.07) is 8.99. The van der Waals surface area contributed by atoms with Gasteiger partial charge in [0.15, 0.2) is 0 Å². The number of benzene rings is 1. The summed E-state index contributed by atoms with van der Waals surface area (Å²) < 4.78 is 10.5. The highest BCUT2D eigenvalue weighted by Crippen LogP contribution is 2.20. The van der Waals surface area contributed by atoms with Crippen LogP contribution in [0.15, 0.2) is 30.3 Å². The first kappa shape index (κ1) is 12.4. The Morgan fingerprint density at radius 1 is 1.22 bits per heavy atom. The lowest BCUT2D eigenvalue weighted by Gasteiger charge is -2.08. The molecule has 0 bridgehead atoms. The maximum atomic E-state index is 6.02. The van der Waals surface area contributed by atoms with Crippen LogP contribution in [0.3, 0.4) is 0 Å². The second kappa shape index (κ2) is 5.55. The molecule has 0 saturated heterocycles. The summed E-state index contributed by atoms with van der Waals surface area (Å²) in [5.74, 6) is 0.805. The van der Waals surface area contributed by atoms with Crippen molar-refractivity contribution in [2.24, 2.45) is 0 Å². The van der Waals surface area contributed by atoms with Crippen molar-refractivity contribution < 1.29 is 9.47 Å². The molecule has 0 aliphatic rings. The van der Waals surface area contributed by atoms with E-state index in [1.165, 1.54) is 7.11 Å². The van der Waals surface area contributed by atoms with Gasteiger partial charge in [-0.25, -0.2) is 0 Å². The Bertz CT molecular complexity index is 549. The lowest BCUT2D eigenvalue weighted by Crippen LogP contribution is -2.02. The van der Waals surface area contributed by atoms with Gasteiger partial charge in [0.1, 0.15) is 6.61 Å². The van der Waals surface area contributed by atoms with Crippen LogP contribution in [-0.4, -0.2) is 17.1 Å². The first-order valence-electron chi connectivity index (χ1n) is 5.24. The normalized spacial score (nSPS) is 10.1. The zero-order valence-electron chi connectivity index (χ0n) is 9.76. The molecule has 0 spiro atoms. The van der Waals surface area contributed by atoms with E-state index in [4.69, 9.17) is 26.8 Å². The topological polar surface area (TPSA) is 70.3 Å². The number of nitrogen functional groups attached to an aromatic ring is 1. The molecule has 2 N–H and O–H groups in total. The van der Waals surface area contributed by atoms with Crippen molar-refractivity contribution in [1.29, 1.82) is 0 Å². The molecule has 0 aliphatic heterocycles. The van der Waals surface area contributed by atoms with Gasteiger partial charge in [0, 0.05) is 10.6 Å². The van der Waals surface area contributed by atoms with Gasteiger partial charge in [-0.1, -0.05) is 29.8 Å². The van der Waals surface area contributed by atoms with Crippen molar-refractivity contribution in [1.82, 2.24) is 9.97 Å². The summed E-state index contributed by atoms with van der Waals surface area (Å²) >= 11 is 6.02. The minimum absolute atomic E-state index is 0.100. The zero-order chi connectivity index (χ0) is 13.0. The molecular weight excluding hydrogens is 254 g/mol. The summed E-state index contributed by atoms with van der Waals surface area (Å²) in [4.78, 5) is 7.81. The molecule has 0 atom stereocenters.